The summed E-state index contributed by atoms with van der Waals surface area (Å²) in [6, 6.07) is 9.91. The fraction of sp³-hybridized carbons (Fsp3) is 0.360. The highest BCUT2D eigenvalue weighted by Gasteiger charge is 2.43. The number of carbonyl (C=O) groups is 2. The number of benzene rings is 1. The Morgan fingerprint density at radius 3 is 2.58 bits per heavy atom. The van der Waals surface area contributed by atoms with Crippen molar-refractivity contribution in [1.29, 1.82) is 0 Å². The number of fused-ring (bicyclic) bond motifs is 3. The largest absolute Gasteiger partial charge is 0.491 e. The third-order valence-electron chi connectivity index (χ3n) is 5.92. The minimum absolute atomic E-state index is 0.111. The predicted octanol–water partition coefficient (Wildman–Crippen LogP) is 4.66. The fourth-order valence-electron chi connectivity index (χ4n) is 4.20. The Kier molecular flexibility index (Phi) is 8.20. The van der Waals surface area contributed by atoms with Gasteiger partial charge in [0.2, 0.25) is 0 Å². The van der Waals surface area contributed by atoms with Crippen molar-refractivity contribution in [2.75, 3.05) is 13.1 Å². The highest BCUT2D eigenvalue weighted by atomic mass is 79.9. The minimum Gasteiger partial charge on any atom is -0.381 e. The molecule has 1 aromatic carbocycles. The average molecular weight is 565 g/mol. The van der Waals surface area contributed by atoms with Crippen LogP contribution < -0.4 is 5.32 Å². The molecule has 3 aromatic rings. The molecule has 0 spiro atoms. The van der Waals surface area contributed by atoms with Gasteiger partial charge in [-0.05, 0) is 74.5 Å². The molecule has 2 aromatic heterocycles. The van der Waals surface area contributed by atoms with Crippen LogP contribution in [0.5, 0.6) is 0 Å². The number of esters is 2. The summed E-state index contributed by atoms with van der Waals surface area (Å²) in [6.45, 7) is 1.69. The van der Waals surface area contributed by atoms with E-state index in [2.05, 4.69) is 48.2 Å². The van der Waals surface area contributed by atoms with Gasteiger partial charge in [-0.15, -0.1) is 0 Å². The van der Waals surface area contributed by atoms with Gasteiger partial charge < -0.3 is 10.1 Å². The van der Waals surface area contributed by atoms with Gasteiger partial charge >= 0.3 is 18.1 Å². The highest BCUT2D eigenvalue weighted by Crippen LogP contribution is 2.34. The first-order chi connectivity index (χ1) is 17.2. The van der Waals surface area contributed by atoms with E-state index in [-0.39, 0.29) is 12.2 Å². The molecule has 7 nitrogen and oxygen atoms in total. The zero-order chi connectivity index (χ0) is 25.7. The summed E-state index contributed by atoms with van der Waals surface area (Å²) >= 11 is 3.42. The van der Waals surface area contributed by atoms with Crippen LogP contribution in [0.1, 0.15) is 40.0 Å². The number of ether oxygens (including phenoxy) is 1. The molecule has 190 valence electrons. The minimum atomic E-state index is -5.26. The SMILES string of the molecule is O=C(OC(=O)C(F)(F)F)c1c2c(nn1CCCNCCCc1ccc(Br)cc1)-c1ccncc1CC2. The topological polar surface area (TPSA) is 86.1 Å². The van der Waals surface area contributed by atoms with E-state index in [1.54, 1.807) is 18.5 Å². The van der Waals surface area contributed by atoms with Crippen LogP contribution in [0.4, 0.5) is 13.2 Å². The number of aryl methyl sites for hydroxylation is 3. The summed E-state index contributed by atoms with van der Waals surface area (Å²) in [5.74, 6) is -3.88. The quantitative estimate of drug-likeness (QED) is 0.231. The van der Waals surface area contributed by atoms with Crippen molar-refractivity contribution in [3.05, 3.63) is 69.6 Å². The Balaban J connectivity index is 1.40. The van der Waals surface area contributed by atoms with E-state index < -0.39 is 18.1 Å². The van der Waals surface area contributed by atoms with Crippen molar-refractivity contribution in [3.63, 3.8) is 0 Å². The van der Waals surface area contributed by atoms with Crippen LogP contribution in [-0.4, -0.2) is 46.0 Å². The van der Waals surface area contributed by atoms with Crippen molar-refractivity contribution in [2.24, 2.45) is 0 Å². The molecule has 0 amide bonds. The third-order valence-corrected chi connectivity index (χ3v) is 6.45. The van der Waals surface area contributed by atoms with Gasteiger partial charge in [-0.2, -0.15) is 18.3 Å². The average Bonchev–Trinajstić information content (AvgIpc) is 3.23. The van der Waals surface area contributed by atoms with Gasteiger partial charge in [-0.3, -0.25) is 9.67 Å². The molecule has 0 bridgehead atoms. The number of carbonyl (C=O) groups excluding carboxylic acids is 2. The van der Waals surface area contributed by atoms with Crippen molar-refractivity contribution in [2.45, 2.75) is 44.8 Å². The molecule has 11 heteroatoms. The van der Waals surface area contributed by atoms with Gasteiger partial charge in [0.15, 0.2) is 5.69 Å². The summed E-state index contributed by atoms with van der Waals surface area (Å²) in [6.07, 6.45) is 1.43. The summed E-state index contributed by atoms with van der Waals surface area (Å²) < 4.78 is 44.7. The van der Waals surface area contributed by atoms with Crippen LogP contribution in [-0.2, 0) is 35.3 Å². The first-order valence-corrected chi connectivity index (χ1v) is 12.3. The number of pyridine rings is 1. The lowest BCUT2D eigenvalue weighted by Crippen LogP contribution is -2.29. The fourth-order valence-corrected chi connectivity index (χ4v) is 4.46. The zero-order valence-corrected chi connectivity index (χ0v) is 20.9. The Bertz CT molecular complexity index is 1240. The highest BCUT2D eigenvalue weighted by molar-refractivity contribution is 9.10. The monoisotopic (exact) mass is 564 g/mol. The second-order valence-corrected chi connectivity index (χ2v) is 9.36. The van der Waals surface area contributed by atoms with E-state index in [1.165, 1.54) is 10.2 Å². The van der Waals surface area contributed by atoms with E-state index in [4.69, 9.17) is 0 Å². The molecule has 4 rings (SSSR count). The second kappa shape index (κ2) is 11.3. The standard InChI is InChI=1S/C25H24BrF3N4O3/c26-18-7-4-16(5-8-18)3-1-11-30-12-2-14-33-22(23(34)36-24(35)25(27,28)29)20-9-6-17-15-31-13-10-19(17)21(20)32-33/h4-5,7-8,10,13,15,30H,1-3,6,9,11-12,14H2. The Morgan fingerprint density at radius 2 is 1.83 bits per heavy atom. The molecule has 0 atom stereocenters. The van der Waals surface area contributed by atoms with Crippen LogP contribution in [0.25, 0.3) is 11.3 Å². The summed E-state index contributed by atoms with van der Waals surface area (Å²) in [4.78, 5) is 28.1. The second-order valence-electron chi connectivity index (χ2n) is 8.44. The molecule has 2 heterocycles. The van der Waals surface area contributed by atoms with Crippen LogP contribution in [0.2, 0.25) is 0 Å². The van der Waals surface area contributed by atoms with E-state index in [0.29, 0.717) is 37.1 Å². The third kappa shape index (κ3) is 6.19. The van der Waals surface area contributed by atoms with E-state index in [1.807, 2.05) is 12.1 Å². The number of nitrogens with zero attached hydrogens (tertiary/aromatic N) is 3. The van der Waals surface area contributed by atoms with Crippen molar-refractivity contribution in [1.82, 2.24) is 20.1 Å². The predicted molar refractivity (Wildman–Crippen MR) is 129 cm³/mol. The maximum absolute atomic E-state index is 12.7. The molecule has 0 unspecified atom stereocenters. The molecule has 0 aliphatic heterocycles. The number of hydrogen-bond acceptors (Lipinski definition) is 6. The Hall–Kier alpha value is -3.05. The van der Waals surface area contributed by atoms with Crippen molar-refractivity contribution >= 4 is 27.9 Å². The van der Waals surface area contributed by atoms with Crippen LogP contribution in [0.3, 0.4) is 0 Å². The number of rotatable bonds is 9. The first-order valence-electron chi connectivity index (χ1n) is 11.6. The lowest BCUT2D eigenvalue weighted by atomic mass is 9.90. The molecule has 1 N–H and O–H groups in total. The van der Waals surface area contributed by atoms with Gasteiger partial charge in [-0.1, -0.05) is 28.1 Å². The summed E-state index contributed by atoms with van der Waals surface area (Å²) in [7, 11) is 0. The number of alkyl halides is 3. The van der Waals surface area contributed by atoms with Gasteiger partial charge in [0.1, 0.15) is 0 Å². The smallest absolute Gasteiger partial charge is 0.381 e. The normalized spacial score (nSPS) is 12.7. The molecule has 0 radical (unpaired) electrons. The zero-order valence-electron chi connectivity index (χ0n) is 19.3. The molecule has 1 aliphatic rings. The van der Waals surface area contributed by atoms with Crippen molar-refractivity contribution < 1.29 is 27.5 Å². The van der Waals surface area contributed by atoms with E-state index >= 15 is 0 Å². The Labute approximate surface area is 214 Å². The maximum Gasteiger partial charge on any atom is 0.491 e. The van der Waals surface area contributed by atoms with E-state index in [9.17, 15) is 22.8 Å². The maximum atomic E-state index is 12.7. The van der Waals surface area contributed by atoms with Crippen molar-refractivity contribution in [3.8, 4) is 11.3 Å². The molecule has 36 heavy (non-hydrogen) atoms. The van der Waals surface area contributed by atoms with Crippen LogP contribution in [0, 0.1) is 0 Å². The van der Waals surface area contributed by atoms with Crippen LogP contribution >= 0.6 is 15.9 Å². The van der Waals surface area contributed by atoms with Gasteiger partial charge in [0.25, 0.3) is 0 Å². The lowest BCUT2D eigenvalue weighted by molar-refractivity contribution is -0.193. The summed E-state index contributed by atoms with van der Waals surface area (Å²) in [5, 5.41) is 7.86. The van der Waals surface area contributed by atoms with Gasteiger partial charge in [0, 0.05) is 34.5 Å². The molecule has 1 aliphatic carbocycles. The Morgan fingerprint density at radius 1 is 1.08 bits per heavy atom. The lowest BCUT2D eigenvalue weighted by Gasteiger charge is -2.15. The number of nitrogens with one attached hydrogen (secondary N) is 1. The van der Waals surface area contributed by atoms with Gasteiger partial charge in [-0.25, -0.2) is 9.59 Å². The van der Waals surface area contributed by atoms with Crippen LogP contribution in [0.15, 0.2) is 47.2 Å². The summed E-state index contributed by atoms with van der Waals surface area (Å²) in [5.41, 5.74) is 3.83. The molecule has 0 fully saturated rings. The first kappa shape index (κ1) is 26.0. The molecular formula is C25H24BrF3N4O3. The van der Waals surface area contributed by atoms with E-state index in [0.717, 1.165) is 35.0 Å². The number of hydrogen-bond donors (Lipinski definition) is 1. The number of aromatic nitrogens is 3. The molecule has 0 saturated carbocycles. The van der Waals surface area contributed by atoms with Gasteiger partial charge in [0.05, 0.1) is 5.69 Å². The number of halogens is 4. The molecular weight excluding hydrogens is 541 g/mol. The molecule has 0 saturated heterocycles.